The molecule has 66 valence electrons. The third-order valence-corrected chi connectivity index (χ3v) is 3.26. The molecule has 0 aromatic heterocycles. The van der Waals surface area contributed by atoms with Gasteiger partial charge in [0, 0.05) is 31.5 Å². The molecular weight excluding hydrogens is 150 g/mol. The average molecular weight is 165 g/mol. The Morgan fingerprint density at radius 2 is 2.50 bits per heavy atom. The van der Waals surface area contributed by atoms with E-state index in [2.05, 4.69) is 10.8 Å². The van der Waals surface area contributed by atoms with Crippen molar-refractivity contribution in [2.45, 2.75) is 12.8 Å². The number of likely N-dealkylation sites (tertiary alicyclic amines) is 1. The monoisotopic (exact) mass is 165 g/mol. The van der Waals surface area contributed by atoms with Gasteiger partial charge in [-0.05, 0) is 12.3 Å². The Morgan fingerprint density at radius 1 is 1.67 bits per heavy atom. The van der Waals surface area contributed by atoms with Crippen molar-refractivity contribution >= 4 is 0 Å². The minimum absolute atomic E-state index is 0.286. The van der Waals surface area contributed by atoms with Crippen LogP contribution in [0.15, 0.2) is 0 Å². The lowest BCUT2D eigenvalue weighted by molar-refractivity contribution is 0.188. The van der Waals surface area contributed by atoms with Crippen LogP contribution in [-0.2, 0) is 0 Å². The van der Waals surface area contributed by atoms with Crippen molar-refractivity contribution in [1.82, 2.24) is 4.90 Å². The van der Waals surface area contributed by atoms with E-state index in [-0.39, 0.29) is 5.41 Å². The van der Waals surface area contributed by atoms with Crippen LogP contribution in [0.4, 0.5) is 0 Å². The number of rotatable bonds is 3. The molecule has 1 heterocycles. The van der Waals surface area contributed by atoms with Crippen molar-refractivity contribution < 1.29 is 5.11 Å². The zero-order chi connectivity index (χ0) is 8.60. The molecule has 1 saturated carbocycles. The summed E-state index contributed by atoms with van der Waals surface area (Å²) in [6.07, 6.45) is 7.27. The van der Waals surface area contributed by atoms with Crippen LogP contribution in [0.3, 0.4) is 0 Å². The zero-order valence-corrected chi connectivity index (χ0v) is 7.29. The molecule has 2 heteroatoms. The molecule has 2 atom stereocenters. The Balaban J connectivity index is 1.82. The first-order chi connectivity index (χ1) is 5.80. The highest BCUT2D eigenvalue weighted by molar-refractivity contribution is 5.10. The number of piperidine rings is 1. The molecular formula is C10H15NO. The van der Waals surface area contributed by atoms with E-state index >= 15 is 0 Å². The summed E-state index contributed by atoms with van der Waals surface area (Å²) >= 11 is 0. The fourth-order valence-corrected chi connectivity index (χ4v) is 2.34. The fourth-order valence-electron chi connectivity index (χ4n) is 2.34. The predicted octanol–water partition coefficient (Wildman–Crippen LogP) is 0.324. The summed E-state index contributed by atoms with van der Waals surface area (Å²) < 4.78 is 0. The average Bonchev–Trinajstić information content (AvgIpc) is 2.67. The van der Waals surface area contributed by atoms with Gasteiger partial charge in [-0.15, -0.1) is 12.3 Å². The van der Waals surface area contributed by atoms with E-state index in [1.807, 2.05) is 0 Å². The molecule has 1 aliphatic carbocycles. The van der Waals surface area contributed by atoms with E-state index in [1.165, 1.54) is 6.42 Å². The standard InChI is InChI=1S/C10H15NO/c1-2-3-4-11-6-9-5-10(9,7-11)8-12/h1,9,12H,3-8H2. The molecule has 2 aliphatic rings. The normalized spacial score (nSPS) is 39.2. The number of nitrogens with zero attached hydrogens (tertiary/aromatic N) is 1. The SMILES string of the molecule is C#CCCN1CC2CC2(CO)C1. The van der Waals surface area contributed by atoms with Crippen molar-refractivity contribution in [2.75, 3.05) is 26.2 Å². The van der Waals surface area contributed by atoms with Crippen molar-refractivity contribution in [2.24, 2.45) is 11.3 Å². The Kier molecular flexibility index (Phi) is 1.86. The highest BCUT2D eigenvalue weighted by Crippen LogP contribution is 2.57. The van der Waals surface area contributed by atoms with Crippen LogP contribution in [-0.4, -0.2) is 36.2 Å². The van der Waals surface area contributed by atoms with Gasteiger partial charge in [0.25, 0.3) is 0 Å². The number of hydrogen-bond donors (Lipinski definition) is 1. The largest absolute Gasteiger partial charge is 0.396 e. The highest BCUT2D eigenvalue weighted by Gasteiger charge is 2.58. The van der Waals surface area contributed by atoms with E-state index in [0.29, 0.717) is 6.61 Å². The summed E-state index contributed by atoms with van der Waals surface area (Å²) in [5.74, 6) is 3.41. The van der Waals surface area contributed by atoms with Crippen molar-refractivity contribution in [3.8, 4) is 12.3 Å². The maximum absolute atomic E-state index is 9.14. The van der Waals surface area contributed by atoms with E-state index in [4.69, 9.17) is 11.5 Å². The molecule has 2 unspecified atom stereocenters. The van der Waals surface area contributed by atoms with Gasteiger partial charge in [0.05, 0.1) is 6.61 Å². The van der Waals surface area contributed by atoms with Gasteiger partial charge in [0.2, 0.25) is 0 Å². The molecule has 2 nitrogen and oxygen atoms in total. The van der Waals surface area contributed by atoms with E-state index in [1.54, 1.807) is 0 Å². The first-order valence-corrected chi connectivity index (χ1v) is 4.57. The van der Waals surface area contributed by atoms with Crippen LogP contribution in [0.2, 0.25) is 0 Å². The quantitative estimate of drug-likeness (QED) is 0.609. The topological polar surface area (TPSA) is 23.5 Å². The summed E-state index contributed by atoms with van der Waals surface area (Å²) in [5.41, 5.74) is 0.286. The van der Waals surface area contributed by atoms with Gasteiger partial charge in [-0.25, -0.2) is 0 Å². The smallest absolute Gasteiger partial charge is 0.0502 e. The molecule has 2 fully saturated rings. The van der Waals surface area contributed by atoms with Crippen molar-refractivity contribution in [1.29, 1.82) is 0 Å². The zero-order valence-electron chi connectivity index (χ0n) is 7.29. The molecule has 0 aromatic carbocycles. The minimum Gasteiger partial charge on any atom is -0.396 e. The van der Waals surface area contributed by atoms with Crippen molar-refractivity contribution in [3.05, 3.63) is 0 Å². The maximum Gasteiger partial charge on any atom is 0.0502 e. The van der Waals surface area contributed by atoms with Gasteiger partial charge in [0.15, 0.2) is 0 Å². The lowest BCUT2D eigenvalue weighted by Crippen LogP contribution is -2.27. The molecule has 2 rings (SSSR count). The van der Waals surface area contributed by atoms with Gasteiger partial charge in [0.1, 0.15) is 0 Å². The van der Waals surface area contributed by atoms with Crippen LogP contribution in [0, 0.1) is 23.7 Å². The fraction of sp³-hybridized carbons (Fsp3) is 0.800. The molecule has 12 heavy (non-hydrogen) atoms. The number of fused-ring (bicyclic) bond motifs is 1. The molecule has 0 radical (unpaired) electrons. The first-order valence-electron chi connectivity index (χ1n) is 4.57. The third-order valence-electron chi connectivity index (χ3n) is 3.26. The predicted molar refractivity (Wildman–Crippen MR) is 47.5 cm³/mol. The second kappa shape index (κ2) is 2.76. The van der Waals surface area contributed by atoms with Gasteiger partial charge in [-0.2, -0.15) is 0 Å². The van der Waals surface area contributed by atoms with Crippen LogP contribution < -0.4 is 0 Å². The second-order valence-corrected chi connectivity index (χ2v) is 4.11. The Morgan fingerprint density at radius 3 is 3.08 bits per heavy atom. The maximum atomic E-state index is 9.14. The van der Waals surface area contributed by atoms with E-state index < -0.39 is 0 Å². The number of aliphatic hydroxyl groups is 1. The Labute approximate surface area is 73.6 Å². The number of aliphatic hydroxyl groups excluding tert-OH is 1. The number of terminal acetylenes is 1. The third kappa shape index (κ3) is 1.14. The van der Waals surface area contributed by atoms with Crippen LogP contribution in [0.1, 0.15) is 12.8 Å². The van der Waals surface area contributed by atoms with E-state index in [9.17, 15) is 0 Å². The molecule has 0 aromatic rings. The van der Waals surface area contributed by atoms with Crippen molar-refractivity contribution in [3.63, 3.8) is 0 Å². The van der Waals surface area contributed by atoms with Crippen LogP contribution >= 0.6 is 0 Å². The van der Waals surface area contributed by atoms with Crippen LogP contribution in [0.5, 0.6) is 0 Å². The van der Waals surface area contributed by atoms with Gasteiger partial charge in [-0.3, -0.25) is 0 Å². The molecule has 1 aliphatic heterocycles. The molecule has 1 saturated heterocycles. The first kappa shape index (κ1) is 8.10. The lowest BCUT2D eigenvalue weighted by atomic mass is 10.1. The summed E-state index contributed by atoms with van der Waals surface area (Å²) in [6.45, 7) is 3.59. The second-order valence-electron chi connectivity index (χ2n) is 4.11. The van der Waals surface area contributed by atoms with Crippen LogP contribution in [0.25, 0.3) is 0 Å². The minimum atomic E-state index is 0.286. The Bertz CT molecular complexity index is 216. The number of hydrogen-bond acceptors (Lipinski definition) is 2. The summed E-state index contributed by atoms with van der Waals surface area (Å²) in [4.78, 5) is 2.38. The molecule has 0 spiro atoms. The Hall–Kier alpha value is -0.520. The molecule has 0 bridgehead atoms. The highest BCUT2D eigenvalue weighted by atomic mass is 16.3. The van der Waals surface area contributed by atoms with Gasteiger partial charge >= 0.3 is 0 Å². The molecule has 1 N–H and O–H groups in total. The van der Waals surface area contributed by atoms with E-state index in [0.717, 1.165) is 32.0 Å². The lowest BCUT2D eigenvalue weighted by Gasteiger charge is -2.18. The van der Waals surface area contributed by atoms with Gasteiger partial charge in [-0.1, -0.05) is 0 Å². The van der Waals surface area contributed by atoms with Gasteiger partial charge < -0.3 is 10.0 Å². The molecule has 0 amide bonds. The summed E-state index contributed by atoms with van der Waals surface area (Å²) in [5, 5.41) is 9.14. The summed E-state index contributed by atoms with van der Waals surface area (Å²) in [6, 6.07) is 0. The summed E-state index contributed by atoms with van der Waals surface area (Å²) in [7, 11) is 0.